The Morgan fingerprint density at radius 1 is 1.03 bits per heavy atom. The number of thiocarbonyl (C=S) groups is 1. The largest absolute Gasteiger partial charge is 0.308 e. The summed E-state index contributed by atoms with van der Waals surface area (Å²) in [6.45, 7) is 4.53. The van der Waals surface area contributed by atoms with Crippen LogP contribution in [0.4, 0.5) is 5.69 Å². The molecule has 1 fully saturated rings. The number of carbonyl (C=O) groups excluding carboxylic acids is 3. The van der Waals surface area contributed by atoms with E-state index < -0.39 is 11.8 Å². The fourth-order valence-corrected chi connectivity index (χ4v) is 5.10. The minimum Gasteiger partial charge on any atom is -0.308 e. The molecule has 2 aliphatic heterocycles. The summed E-state index contributed by atoms with van der Waals surface area (Å²) < 4.78 is 0.189. The maximum Gasteiger partial charge on any atom is 0.286 e. The number of unbranched alkanes of at least 4 members (excludes halogenated alkanes) is 2. The van der Waals surface area contributed by atoms with Crippen molar-refractivity contribution in [2.45, 2.75) is 33.1 Å². The highest BCUT2D eigenvalue weighted by Crippen LogP contribution is 2.44. The van der Waals surface area contributed by atoms with Crippen LogP contribution in [-0.2, 0) is 9.59 Å². The Labute approximate surface area is 196 Å². The van der Waals surface area contributed by atoms with Crippen LogP contribution >= 0.6 is 24.0 Å². The van der Waals surface area contributed by atoms with Crippen LogP contribution in [0.1, 0.15) is 47.7 Å². The van der Waals surface area contributed by atoms with Gasteiger partial charge in [0.05, 0.1) is 16.2 Å². The first kappa shape index (κ1) is 22.2. The van der Waals surface area contributed by atoms with E-state index in [0.29, 0.717) is 17.7 Å². The Bertz CT molecular complexity index is 1160. The second-order valence-electron chi connectivity index (χ2n) is 7.65. The number of rotatable bonds is 6. The SMILES string of the molecule is CCCCCN1C(=O)/C(=C2\SC(=S)N(NC(=O)c3ccccc3C)C2=O)c2ccccc21. The van der Waals surface area contributed by atoms with Crippen molar-refractivity contribution in [3.63, 3.8) is 0 Å². The molecule has 2 aromatic carbocycles. The number of para-hydroxylation sites is 1. The van der Waals surface area contributed by atoms with Crippen LogP contribution in [0.3, 0.4) is 0 Å². The van der Waals surface area contributed by atoms with Crippen LogP contribution in [0.5, 0.6) is 0 Å². The van der Waals surface area contributed by atoms with Gasteiger partial charge in [0.15, 0.2) is 4.32 Å². The van der Waals surface area contributed by atoms with Crippen LogP contribution in [0.15, 0.2) is 53.4 Å². The molecule has 2 heterocycles. The number of aryl methyl sites for hydroxylation is 1. The summed E-state index contributed by atoms with van der Waals surface area (Å²) in [5.74, 6) is -1.12. The van der Waals surface area contributed by atoms with Gasteiger partial charge in [-0.2, -0.15) is 5.01 Å². The first-order chi connectivity index (χ1) is 15.4. The fourth-order valence-electron chi connectivity index (χ4n) is 3.85. The van der Waals surface area contributed by atoms with E-state index in [1.54, 1.807) is 17.0 Å². The molecule has 0 unspecified atom stereocenters. The standard InChI is InChI=1S/C24H23N3O3S2/c1-3-4-9-14-26-18-13-8-7-12-17(18)19(22(26)29)20-23(30)27(24(31)32-20)25-21(28)16-11-6-5-10-15(16)2/h5-8,10-13H,3-4,9,14H2,1-2H3,(H,25,28)/b20-19-. The second kappa shape index (κ2) is 9.26. The molecule has 3 amide bonds. The second-order valence-corrected chi connectivity index (χ2v) is 9.29. The molecule has 164 valence electrons. The summed E-state index contributed by atoms with van der Waals surface area (Å²) in [6.07, 6.45) is 2.96. The molecule has 0 spiro atoms. The van der Waals surface area contributed by atoms with Crippen LogP contribution in [0, 0.1) is 6.92 Å². The van der Waals surface area contributed by atoms with Gasteiger partial charge in [0, 0.05) is 17.7 Å². The average molecular weight is 466 g/mol. The van der Waals surface area contributed by atoms with Crippen LogP contribution < -0.4 is 10.3 Å². The van der Waals surface area contributed by atoms with Crippen molar-refractivity contribution in [3.8, 4) is 0 Å². The third-order valence-electron chi connectivity index (χ3n) is 5.51. The van der Waals surface area contributed by atoms with Gasteiger partial charge in [-0.3, -0.25) is 19.8 Å². The normalized spacial score (nSPS) is 17.9. The molecule has 2 aromatic rings. The fraction of sp³-hybridized carbons (Fsp3) is 0.250. The highest BCUT2D eigenvalue weighted by atomic mass is 32.2. The molecule has 0 aliphatic carbocycles. The van der Waals surface area contributed by atoms with Crippen molar-refractivity contribution >= 4 is 57.3 Å². The number of hydrazine groups is 1. The van der Waals surface area contributed by atoms with E-state index >= 15 is 0 Å². The van der Waals surface area contributed by atoms with E-state index in [2.05, 4.69) is 12.3 Å². The predicted molar refractivity (Wildman–Crippen MR) is 131 cm³/mol. The summed E-state index contributed by atoms with van der Waals surface area (Å²) in [6, 6.07) is 14.6. The highest BCUT2D eigenvalue weighted by molar-refractivity contribution is 8.26. The summed E-state index contributed by atoms with van der Waals surface area (Å²) in [7, 11) is 0. The highest BCUT2D eigenvalue weighted by Gasteiger charge is 2.42. The van der Waals surface area contributed by atoms with Crippen molar-refractivity contribution in [2.24, 2.45) is 0 Å². The number of amides is 3. The molecule has 1 saturated heterocycles. The van der Waals surface area contributed by atoms with E-state index in [9.17, 15) is 14.4 Å². The van der Waals surface area contributed by atoms with Crippen molar-refractivity contribution in [1.82, 2.24) is 10.4 Å². The zero-order valence-corrected chi connectivity index (χ0v) is 19.5. The molecule has 0 bridgehead atoms. The van der Waals surface area contributed by atoms with Gasteiger partial charge in [0.25, 0.3) is 17.7 Å². The molecule has 4 rings (SSSR count). The Balaban J connectivity index is 1.65. The Morgan fingerprint density at radius 2 is 1.75 bits per heavy atom. The van der Waals surface area contributed by atoms with E-state index in [0.717, 1.165) is 52.8 Å². The Hall–Kier alpha value is -2.97. The number of hydrogen-bond acceptors (Lipinski definition) is 5. The number of thioether (sulfide) groups is 1. The van der Waals surface area contributed by atoms with Gasteiger partial charge < -0.3 is 4.90 Å². The quantitative estimate of drug-likeness (QED) is 0.388. The summed E-state index contributed by atoms with van der Waals surface area (Å²) >= 11 is 6.42. The van der Waals surface area contributed by atoms with Crippen molar-refractivity contribution in [3.05, 3.63) is 70.1 Å². The lowest BCUT2D eigenvalue weighted by molar-refractivity contribution is -0.124. The lowest BCUT2D eigenvalue weighted by atomic mass is 10.1. The summed E-state index contributed by atoms with van der Waals surface area (Å²) in [5, 5.41) is 1.06. The molecule has 2 aliphatic rings. The molecule has 0 aromatic heterocycles. The average Bonchev–Trinajstić information content (AvgIpc) is 3.21. The molecule has 0 radical (unpaired) electrons. The summed E-state index contributed by atoms with van der Waals surface area (Å²) in [4.78, 5) is 41.3. The number of anilines is 1. The first-order valence-corrected chi connectivity index (χ1v) is 11.7. The predicted octanol–water partition coefficient (Wildman–Crippen LogP) is 4.45. The van der Waals surface area contributed by atoms with Crippen LogP contribution in [0.25, 0.3) is 5.57 Å². The Kier molecular flexibility index (Phi) is 6.43. The minimum absolute atomic E-state index is 0.189. The number of benzene rings is 2. The molecule has 0 saturated carbocycles. The van der Waals surface area contributed by atoms with E-state index in [4.69, 9.17) is 12.2 Å². The van der Waals surface area contributed by atoms with Gasteiger partial charge in [0.2, 0.25) is 0 Å². The first-order valence-electron chi connectivity index (χ1n) is 10.5. The van der Waals surface area contributed by atoms with E-state index in [-0.39, 0.29) is 15.1 Å². The monoisotopic (exact) mass is 465 g/mol. The third kappa shape index (κ3) is 3.96. The van der Waals surface area contributed by atoms with Crippen LogP contribution in [-0.4, -0.2) is 33.6 Å². The minimum atomic E-state index is -0.490. The van der Waals surface area contributed by atoms with Gasteiger partial charge in [-0.05, 0) is 43.3 Å². The molecular weight excluding hydrogens is 442 g/mol. The number of carbonyl (C=O) groups is 3. The van der Waals surface area contributed by atoms with E-state index in [1.807, 2.05) is 43.3 Å². The van der Waals surface area contributed by atoms with Crippen molar-refractivity contribution < 1.29 is 14.4 Å². The van der Waals surface area contributed by atoms with Gasteiger partial charge in [-0.1, -0.05) is 67.9 Å². The molecule has 0 atom stereocenters. The number of hydrogen-bond donors (Lipinski definition) is 1. The van der Waals surface area contributed by atoms with Crippen LogP contribution in [0.2, 0.25) is 0 Å². The maximum absolute atomic E-state index is 13.3. The molecule has 32 heavy (non-hydrogen) atoms. The smallest absolute Gasteiger partial charge is 0.286 e. The zero-order chi connectivity index (χ0) is 22.8. The number of nitrogens with one attached hydrogen (secondary N) is 1. The van der Waals surface area contributed by atoms with Crippen molar-refractivity contribution in [2.75, 3.05) is 11.4 Å². The lowest BCUT2D eigenvalue weighted by Gasteiger charge is -2.17. The van der Waals surface area contributed by atoms with Crippen molar-refractivity contribution in [1.29, 1.82) is 0 Å². The molecular formula is C24H23N3O3S2. The zero-order valence-electron chi connectivity index (χ0n) is 17.9. The lowest BCUT2D eigenvalue weighted by Crippen LogP contribution is -2.45. The van der Waals surface area contributed by atoms with Gasteiger partial charge in [0.1, 0.15) is 0 Å². The number of fused-ring (bicyclic) bond motifs is 1. The molecule has 6 nitrogen and oxygen atoms in total. The van der Waals surface area contributed by atoms with E-state index in [1.165, 1.54) is 0 Å². The Morgan fingerprint density at radius 3 is 2.50 bits per heavy atom. The van der Waals surface area contributed by atoms with Gasteiger partial charge in [-0.25, -0.2) is 0 Å². The van der Waals surface area contributed by atoms with Gasteiger partial charge in [-0.15, -0.1) is 0 Å². The summed E-state index contributed by atoms with van der Waals surface area (Å²) in [5.41, 5.74) is 5.72. The topological polar surface area (TPSA) is 69.7 Å². The maximum atomic E-state index is 13.3. The third-order valence-corrected chi connectivity index (χ3v) is 6.88. The number of nitrogens with zero attached hydrogens (tertiary/aromatic N) is 2. The van der Waals surface area contributed by atoms with Gasteiger partial charge >= 0.3 is 0 Å². The molecule has 8 heteroatoms. The molecule has 1 N–H and O–H groups in total.